The van der Waals surface area contributed by atoms with Gasteiger partial charge in [0.05, 0.1) is 10.6 Å². The van der Waals surface area contributed by atoms with E-state index in [0.29, 0.717) is 5.95 Å². The van der Waals surface area contributed by atoms with Gasteiger partial charge in [-0.3, -0.25) is 0 Å². The Hall–Kier alpha value is -2.98. The zero-order valence-corrected chi connectivity index (χ0v) is 16.5. The van der Waals surface area contributed by atoms with Crippen molar-refractivity contribution in [1.82, 2.24) is 9.97 Å². The van der Waals surface area contributed by atoms with E-state index in [4.69, 9.17) is 4.98 Å². The van der Waals surface area contributed by atoms with E-state index in [-0.39, 0.29) is 0 Å². The van der Waals surface area contributed by atoms with Gasteiger partial charge >= 0.3 is 0 Å². The Bertz CT molecular complexity index is 1080. The molecule has 0 radical (unpaired) electrons. The first kappa shape index (κ1) is 17.4. The second-order valence-electron chi connectivity index (χ2n) is 6.73. The molecule has 27 heavy (non-hydrogen) atoms. The first-order valence-corrected chi connectivity index (χ1v) is 9.80. The van der Waals surface area contributed by atoms with Crippen LogP contribution >= 0.6 is 11.3 Å². The first-order chi connectivity index (χ1) is 13.1. The predicted octanol–water partition coefficient (Wildman–Crippen LogP) is 6.54. The molecule has 0 saturated heterocycles. The summed E-state index contributed by atoms with van der Waals surface area (Å²) in [5, 5.41) is 5.50. The van der Waals surface area contributed by atoms with E-state index in [0.717, 1.165) is 16.3 Å². The fourth-order valence-electron chi connectivity index (χ4n) is 3.28. The average molecular weight is 372 g/mol. The molecule has 3 nitrogen and oxygen atoms in total. The van der Waals surface area contributed by atoms with Crippen molar-refractivity contribution in [1.29, 1.82) is 0 Å². The van der Waals surface area contributed by atoms with Crippen LogP contribution in [0.2, 0.25) is 0 Å². The summed E-state index contributed by atoms with van der Waals surface area (Å²) in [6, 6.07) is 18.8. The highest BCUT2D eigenvalue weighted by molar-refractivity contribution is 7.14. The lowest BCUT2D eigenvalue weighted by Crippen LogP contribution is -1.97. The Morgan fingerprint density at radius 2 is 1.67 bits per heavy atom. The van der Waals surface area contributed by atoms with E-state index < -0.39 is 0 Å². The summed E-state index contributed by atoms with van der Waals surface area (Å²) >= 11 is 1.71. The monoisotopic (exact) mass is 371 g/mol. The molecule has 0 spiro atoms. The highest BCUT2D eigenvalue weighted by Gasteiger charge is 2.11. The van der Waals surface area contributed by atoms with Gasteiger partial charge in [0, 0.05) is 11.9 Å². The minimum Gasteiger partial charge on any atom is -0.324 e. The minimum atomic E-state index is 0.611. The summed E-state index contributed by atoms with van der Waals surface area (Å²) in [4.78, 5) is 10.2. The molecule has 0 aliphatic carbocycles. The molecule has 134 valence electrons. The van der Waals surface area contributed by atoms with Gasteiger partial charge in [0.2, 0.25) is 5.95 Å². The number of aryl methyl sites for hydroxylation is 3. The minimum absolute atomic E-state index is 0.611. The lowest BCUT2D eigenvalue weighted by Gasteiger charge is -2.07. The molecule has 0 atom stereocenters. The number of hydrogen-bond donors (Lipinski definition) is 1. The van der Waals surface area contributed by atoms with E-state index in [1.54, 1.807) is 17.5 Å². The smallest absolute Gasteiger partial charge is 0.227 e. The lowest BCUT2D eigenvalue weighted by molar-refractivity contribution is 1.17. The standard InChI is InChI=1S/C23H21N3S/c1-15-6-4-9-19(12-15)25-23-24-11-10-20(26-23)21-13-18(14-27-21)22-16(2)7-5-8-17(22)3/h4-14H,1-3H3,(H,24,25,26). The van der Waals surface area contributed by atoms with Crippen LogP contribution in [0.25, 0.3) is 21.7 Å². The van der Waals surface area contributed by atoms with Crippen LogP contribution in [0.5, 0.6) is 0 Å². The van der Waals surface area contributed by atoms with Crippen molar-refractivity contribution in [3.8, 4) is 21.7 Å². The molecule has 0 unspecified atom stereocenters. The van der Waals surface area contributed by atoms with E-state index in [2.05, 4.69) is 72.9 Å². The number of hydrogen-bond acceptors (Lipinski definition) is 4. The van der Waals surface area contributed by atoms with Gasteiger partial charge < -0.3 is 5.32 Å². The highest BCUT2D eigenvalue weighted by Crippen LogP contribution is 2.35. The maximum absolute atomic E-state index is 4.71. The number of rotatable bonds is 4. The van der Waals surface area contributed by atoms with E-state index in [1.807, 2.05) is 18.2 Å². The van der Waals surface area contributed by atoms with E-state index in [1.165, 1.54) is 27.8 Å². The summed E-state index contributed by atoms with van der Waals surface area (Å²) in [5.41, 5.74) is 8.28. The molecule has 0 aliphatic rings. The topological polar surface area (TPSA) is 37.8 Å². The molecule has 0 bridgehead atoms. The fourth-order valence-corrected chi connectivity index (χ4v) is 4.15. The first-order valence-electron chi connectivity index (χ1n) is 8.92. The van der Waals surface area contributed by atoms with Crippen LogP contribution in [0.4, 0.5) is 11.6 Å². The van der Waals surface area contributed by atoms with Crippen molar-refractivity contribution in [2.24, 2.45) is 0 Å². The van der Waals surface area contributed by atoms with Crippen molar-refractivity contribution in [2.45, 2.75) is 20.8 Å². The third kappa shape index (κ3) is 3.76. The molecule has 2 heterocycles. The van der Waals surface area contributed by atoms with Gasteiger partial charge in [-0.25, -0.2) is 9.97 Å². The summed E-state index contributed by atoms with van der Waals surface area (Å²) in [6.07, 6.45) is 1.80. The third-order valence-electron chi connectivity index (χ3n) is 4.55. The molecule has 2 aromatic heterocycles. The molecular weight excluding hydrogens is 350 g/mol. The maximum Gasteiger partial charge on any atom is 0.227 e. The predicted molar refractivity (Wildman–Crippen MR) is 115 cm³/mol. The van der Waals surface area contributed by atoms with Gasteiger partial charge in [-0.1, -0.05) is 30.3 Å². The third-order valence-corrected chi connectivity index (χ3v) is 5.50. The van der Waals surface area contributed by atoms with Crippen LogP contribution in [-0.4, -0.2) is 9.97 Å². The molecule has 2 aromatic carbocycles. The number of thiophene rings is 1. The second kappa shape index (κ2) is 7.33. The van der Waals surface area contributed by atoms with Crippen molar-refractivity contribution in [3.63, 3.8) is 0 Å². The van der Waals surface area contributed by atoms with Crippen molar-refractivity contribution in [2.75, 3.05) is 5.32 Å². The Morgan fingerprint density at radius 1 is 0.889 bits per heavy atom. The molecule has 0 amide bonds. The Balaban J connectivity index is 1.64. The summed E-state index contributed by atoms with van der Waals surface area (Å²) in [6.45, 7) is 6.39. The molecule has 0 aliphatic heterocycles. The molecule has 1 N–H and O–H groups in total. The molecule has 0 fully saturated rings. The largest absolute Gasteiger partial charge is 0.324 e. The number of nitrogens with zero attached hydrogens (tertiary/aromatic N) is 2. The van der Waals surface area contributed by atoms with Crippen LogP contribution in [0.15, 0.2) is 66.2 Å². The molecule has 4 aromatic rings. The second-order valence-corrected chi connectivity index (χ2v) is 7.64. The van der Waals surface area contributed by atoms with Crippen LogP contribution in [-0.2, 0) is 0 Å². The van der Waals surface area contributed by atoms with Gasteiger partial charge in [0.25, 0.3) is 0 Å². The van der Waals surface area contributed by atoms with Crippen molar-refractivity contribution in [3.05, 3.63) is 82.9 Å². The molecule has 4 heteroatoms. The van der Waals surface area contributed by atoms with E-state index in [9.17, 15) is 0 Å². The summed E-state index contributed by atoms with van der Waals surface area (Å²) in [7, 11) is 0. The molecular formula is C23H21N3S. The Kier molecular flexibility index (Phi) is 4.73. The SMILES string of the molecule is Cc1cccc(Nc2nccc(-c3cc(-c4c(C)cccc4C)cs3)n2)c1. The quantitative estimate of drug-likeness (QED) is 0.442. The normalized spacial score (nSPS) is 10.8. The maximum atomic E-state index is 4.71. The number of nitrogens with one attached hydrogen (secondary N) is 1. The zero-order valence-electron chi connectivity index (χ0n) is 15.7. The number of benzene rings is 2. The number of anilines is 2. The van der Waals surface area contributed by atoms with Crippen LogP contribution in [0, 0.1) is 20.8 Å². The number of aromatic nitrogens is 2. The Morgan fingerprint density at radius 3 is 2.44 bits per heavy atom. The van der Waals surface area contributed by atoms with Crippen LogP contribution in [0.1, 0.15) is 16.7 Å². The average Bonchev–Trinajstić information content (AvgIpc) is 3.12. The summed E-state index contributed by atoms with van der Waals surface area (Å²) < 4.78 is 0. The van der Waals surface area contributed by atoms with Crippen molar-refractivity contribution < 1.29 is 0 Å². The Labute approximate surface area is 163 Å². The fraction of sp³-hybridized carbons (Fsp3) is 0.130. The zero-order chi connectivity index (χ0) is 18.8. The van der Waals surface area contributed by atoms with Gasteiger partial charge in [0.15, 0.2) is 0 Å². The van der Waals surface area contributed by atoms with Crippen LogP contribution < -0.4 is 5.32 Å². The van der Waals surface area contributed by atoms with E-state index >= 15 is 0 Å². The highest BCUT2D eigenvalue weighted by atomic mass is 32.1. The molecule has 0 saturated carbocycles. The van der Waals surface area contributed by atoms with Crippen molar-refractivity contribution >= 4 is 23.0 Å². The van der Waals surface area contributed by atoms with Gasteiger partial charge in [-0.05, 0) is 78.2 Å². The van der Waals surface area contributed by atoms with Gasteiger partial charge in [-0.15, -0.1) is 11.3 Å². The van der Waals surface area contributed by atoms with Gasteiger partial charge in [0.1, 0.15) is 0 Å². The van der Waals surface area contributed by atoms with Crippen LogP contribution in [0.3, 0.4) is 0 Å². The van der Waals surface area contributed by atoms with Gasteiger partial charge in [-0.2, -0.15) is 0 Å². The lowest BCUT2D eigenvalue weighted by atomic mass is 9.98. The molecule has 4 rings (SSSR count). The summed E-state index contributed by atoms with van der Waals surface area (Å²) in [5.74, 6) is 0.611.